The Hall–Kier alpha value is -1.46. The van der Waals surface area contributed by atoms with E-state index in [2.05, 4.69) is 0 Å². The quantitative estimate of drug-likeness (QED) is 0.871. The lowest BCUT2D eigenvalue weighted by Crippen LogP contribution is -2.14. The van der Waals surface area contributed by atoms with Crippen molar-refractivity contribution in [2.75, 3.05) is 14.2 Å². The number of ether oxygens (including phenoxy) is 2. The topological polar surface area (TPSA) is 76.0 Å². The number of carboxylic acid groups (broad SMARTS) is 1. The highest BCUT2D eigenvalue weighted by Crippen LogP contribution is 2.44. The minimum Gasteiger partial charge on any atom is -0.493 e. The zero-order chi connectivity index (χ0) is 14.7. The van der Waals surface area contributed by atoms with Crippen LogP contribution in [0.25, 0.3) is 0 Å². The van der Waals surface area contributed by atoms with E-state index in [9.17, 15) is 9.90 Å². The Morgan fingerprint density at radius 1 is 1.32 bits per heavy atom. The zero-order valence-electron chi connectivity index (χ0n) is 11.2. The molecule has 1 aromatic rings. The summed E-state index contributed by atoms with van der Waals surface area (Å²) in [5.74, 6) is -0.882. The second-order valence-corrected chi connectivity index (χ2v) is 4.70. The Bertz CT molecular complexity index is 484. The third kappa shape index (κ3) is 2.93. The van der Waals surface area contributed by atoms with Gasteiger partial charge in [-0.05, 0) is 17.5 Å². The van der Waals surface area contributed by atoms with E-state index in [0.29, 0.717) is 11.3 Å². The second-order valence-electron chi connectivity index (χ2n) is 4.32. The molecule has 1 rings (SSSR count). The predicted molar refractivity (Wildman–Crippen MR) is 71.2 cm³/mol. The van der Waals surface area contributed by atoms with Crippen LogP contribution in [0.15, 0.2) is 6.07 Å². The summed E-state index contributed by atoms with van der Waals surface area (Å²) in [6.45, 7) is 3.81. The van der Waals surface area contributed by atoms with Crippen LogP contribution in [0.3, 0.4) is 0 Å². The highest BCUT2D eigenvalue weighted by molar-refractivity contribution is 6.32. The molecule has 0 radical (unpaired) electrons. The number of carbonyl (C=O) groups is 1. The van der Waals surface area contributed by atoms with Gasteiger partial charge in [-0.15, -0.1) is 0 Å². The number of methoxy groups -OCH3 is 2. The molecule has 1 atom stereocenters. The van der Waals surface area contributed by atoms with E-state index in [4.69, 9.17) is 26.2 Å². The molecule has 0 amide bonds. The minimum absolute atomic E-state index is 0.0136. The first-order valence-corrected chi connectivity index (χ1v) is 6.08. The lowest BCUT2D eigenvalue weighted by atomic mass is 9.96. The summed E-state index contributed by atoms with van der Waals surface area (Å²) >= 11 is 6.20. The molecular weight excluding hydrogens is 272 g/mol. The molecular formula is C13H17ClO5. The molecule has 6 heteroatoms. The van der Waals surface area contributed by atoms with E-state index in [0.717, 1.165) is 0 Å². The van der Waals surface area contributed by atoms with Crippen LogP contribution in [-0.4, -0.2) is 30.4 Å². The van der Waals surface area contributed by atoms with Crippen molar-refractivity contribution in [1.82, 2.24) is 0 Å². The first-order chi connectivity index (χ1) is 8.84. The van der Waals surface area contributed by atoms with E-state index in [1.54, 1.807) is 6.07 Å². The van der Waals surface area contributed by atoms with Crippen LogP contribution >= 0.6 is 11.6 Å². The van der Waals surface area contributed by atoms with Gasteiger partial charge in [0.15, 0.2) is 17.6 Å². The van der Waals surface area contributed by atoms with E-state index in [1.807, 2.05) is 13.8 Å². The maximum Gasteiger partial charge on any atom is 0.337 e. The summed E-state index contributed by atoms with van der Waals surface area (Å²) in [6.07, 6.45) is -1.77. The molecule has 0 aliphatic heterocycles. The third-order valence-electron chi connectivity index (χ3n) is 2.80. The number of rotatable bonds is 5. The van der Waals surface area contributed by atoms with Gasteiger partial charge < -0.3 is 19.7 Å². The van der Waals surface area contributed by atoms with Crippen LogP contribution < -0.4 is 9.47 Å². The number of aliphatic hydroxyl groups excluding tert-OH is 1. The van der Waals surface area contributed by atoms with Crippen LogP contribution in [-0.2, 0) is 4.79 Å². The number of aliphatic carboxylic acids is 1. The van der Waals surface area contributed by atoms with Gasteiger partial charge >= 0.3 is 5.97 Å². The predicted octanol–water partition coefficient (Wildman–Crippen LogP) is 2.60. The van der Waals surface area contributed by atoms with Crippen molar-refractivity contribution in [2.45, 2.75) is 25.9 Å². The molecule has 0 saturated heterocycles. The second kappa shape index (κ2) is 6.12. The SMILES string of the molecule is COc1cc(C(C)C)c(Cl)c(C(O)C(=O)O)c1OC. The average molecular weight is 289 g/mol. The van der Waals surface area contributed by atoms with Gasteiger partial charge in [0.25, 0.3) is 0 Å². The van der Waals surface area contributed by atoms with Gasteiger partial charge in [-0.3, -0.25) is 0 Å². The molecule has 5 nitrogen and oxygen atoms in total. The van der Waals surface area contributed by atoms with Crippen LogP contribution in [0, 0.1) is 0 Å². The van der Waals surface area contributed by atoms with Crippen molar-refractivity contribution in [1.29, 1.82) is 0 Å². The highest BCUT2D eigenvalue weighted by Gasteiger charge is 2.29. The largest absolute Gasteiger partial charge is 0.493 e. The van der Waals surface area contributed by atoms with Gasteiger partial charge in [-0.25, -0.2) is 4.79 Å². The summed E-state index contributed by atoms with van der Waals surface area (Å²) < 4.78 is 10.3. The fourth-order valence-electron chi connectivity index (χ4n) is 1.81. The van der Waals surface area contributed by atoms with Gasteiger partial charge in [-0.2, -0.15) is 0 Å². The lowest BCUT2D eigenvalue weighted by molar-refractivity contribution is -0.147. The molecule has 0 aliphatic rings. The van der Waals surface area contributed by atoms with Crippen molar-refractivity contribution in [3.8, 4) is 11.5 Å². The summed E-state index contributed by atoms with van der Waals surface area (Å²) in [4.78, 5) is 11.0. The van der Waals surface area contributed by atoms with Crippen molar-refractivity contribution in [3.63, 3.8) is 0 Å². The van der Waals surface area contributed by atoms with Crippen LogP contribution in [0.2, 0.25) is 5.02 Å². The van der Waals surface area contributed by atoms with Gasteiger partial charge in [0.2, 0.25) is 0 Å². The van der Waals surface area contributed by atoms with Crippen LogP contribution in [0.1, 0.15) is 37.0 Å². The molecule has 0 heterocycles. The first kappa shape index (κ1) is 15.6. The Kier molecular flexibility index (Phi) is 5.03. The van der Waals surface area contributed by atoms with Gasteiger partial charge in [0.1, 0.15) is 0 Å². The van der Waals surface area contributed by atoms with E-state index < -0.39 is 12.1 Å². The number of halogens is 1. The summed E-state index contributed by atoms with van der Waals surface area (Å²) in [6, 6.07) is 1.68. The molecule has 1 aromatic carbocycles. The summed E-state index contributed by atoms with van der Waals surface area (Å²) in [5.41, 5.74) is 0.703. The zero-order valence-corrected chi connectivity index (χ0v) is 12.0. The number of aliphatic hydroxyl groups is 1. The highest BCUT2D eigenvalue weighted by atomic mass is 35.5. The molecule has 0 bridgehead atoms. The average Bonchev–Trinajstić information content (AvgIpc) is 2.36. The Labute approximate surface area is 116 Å². The molecule has 0 fully saturated rings. The van der Waals surface area contributed by atoms with Gasteiger partial charge in [-0.1, -0.05) is 25.4 Å². The molecule has 106 valence electrons. The Balaban J connectivity index is 3.64. The smallest absolute Gasteiger partial charge is 0.337 e. The van der Waals surface area contributed by atoms with Gasteiger partial charge in [0, 0.05) is 0 Å². The summed E-state index contributed by atoms with van der Waals surface area (Å²) in [5, 5.41) is 18.9. The van der Waals surface area contributed by atoms with Crippen molar-refractivity contribution < 1.29 is 24.5 Å². The standard InChI is InChI=1S/C13H17ClO5/c1-6(2)7-5-8(18-3)12(19-4)9(10(7)14)11(15)13(16)17/h5-6,11,15H,1-4H3,(H,16,17). The maximum atomic E-state index is 11.0. The minimum atomic E-state index is -1.77. The lowest BCUT2D eigenvalue weighted by Gasteiger charge is -2.20. The molecule has 1 unspecified atom stereocenters. The molecule has 0 saturated carbocycles. The number of hydrogen-bond donors (Lipinski definition) is 2. The Morgan fingerprint density at radius 2 is 1.89 bits per heavy atom. The fourth-order valence-corrected chi connectivity index (χ4v) is 2.27. The number of carboxylic acids is 1. The molecule has 0 aromatic heterocycles. The number of hydrogen-bond acceptors (Lipinski definition) is 4. The van der Waals surface area contributed by atoms with Crippen molar-refractivity contribution in [2.24, 2.45) is 0 Å². The maximum absolute atomic E-state index is 11.0. The van der Waals surface area contributed by atoms with Crippen molar-refractivity contribution in [3.05, 3.63) is 22.2 Å². The molecule has 0 spiro atoms. The van der Waals surface area contributed by atoms with Crippen molar-refractivity contribution >= 4 is 17.6 Å². The third-order valence-corrected chi connectivity index (χ3v) is 3.22. The molecule has 0 aliphatic carbocycles. The fraction of sp³-hybridized carbons (Fsp3) is 0.462. The normalized spacial score (nSPS) is 12.4. The molecule has 2 N–H and O–H groups in total. The monoisotopic (exact) mass is 288 g/mol. The Morgan fingerprint density at radius 3 is 2.26 bits per heavy atom. The first-order valence-electron chi connectivity index (χ1n) is 5.70. The van der Waals surface area contributed by atoms with E-state index in [-0.39, 0.29) is 22.3 Å². The molecule has 19 heavy (non-hydrogen) atoms. The summed E-state index contributed by atoms with van der Waals surface area (Å²) in [7, 11) is 2.80. The number of benzene rings is 1. The van der Waals surface area contributed by atoms with Crippen LogP contribution in [0.5, 0.6) is 11.5 Å². The van der Waals surface area contributed by atoms with E-state index in [1.165, 1.54) is 14.2 Å². The van der Waals surface area contributed by atoms with Gasteiger partial charge in [0.05, 0.1) is 24.8 Å². The van der Waals surface area contributed by atoms with E-state index >= 15 is 0 Å². The van der Waals surface area contributed by atoms with Crippen LogP contribution in [0.4, 0.5) is 0 Å².